The Kier molecular flexibility index (Phi) is 2.64. The number of aromatic hydroxyl groups is 1. The molecule has 0 saturated carbocycles. The molecule has 3 nitrogen and oxygen atoms in total. The zero-order valence-electron chi connectivity index (χ0n) is 10.8. The van der Waals surface area contributed by atoms with Crippen LogP contribution in [0.15, 0.2) is 11.2 Å². The van der Waals surface area contributed by atoms with Crippen molar-refractivity contribution in [3.8, 4) is 5.75 Å². The summed E-state index contributed by atoms with van der Waals surface area (Å²) in [5, 5.41) is 22.7. The van der Waals surface area contributed by atoms with Gasteiger partial charge >= 0.3 is 0 Å². The first-order valence-corrected chi connectivity index (χ1v) is 5.93. The van der Waals surface area contributed by atoms with Gasteiger partial charge in [0.05, 0.1) is 5.71 Å². The maximum absolute atomic E-state index is 10.4. The average molecular weight is 233 g/mol. The van der Waals surface area contributed by atoms with Crippen molar-refractivity contribution >= 4 is 5.71 Å². The number of phenolic OH excluding ortho intramolecular Hbond substituents is 1. The molecule has 0 amide bonds. The van der Waals surface area contributed by atoms with Crippen LogP contribution in [0, 0.1) is 6.92 Å². The van der Waals surface area contributed by atoms with Crippen LogP contribution in [0.1, 0.15) is 49.4 Å². The molecule has 1 aromatic rings. The Morgan fingerprint density at radius 3 is 2.41 bits per heavy atom. The molecular weight excluding hydrogens is 214 g/mol. The molecule has 2 N–H and O–H groups in total. The molecular formula is C14H19NO2. The molecule has 17 heavy (non-hydrogen) atoms. The van der Waals surface area contributed by atoms with Gasteiger partial charge in [0, 0.05) is 11.1 Å². The number of hydrogen-bond acceptors (Lipinski definition) is 3. The zero-order valence-corrected chi connectivity index (χ0v) is 10.8. The van der Waals surface area contributed by atoms with E-state index in [-0.39, 0.29) is 11.2 Å². The molecule has 0 aliphatic heterocycles. The molecule has 1 aliphatic carbocycles. The van der Waals surface area contributed by atoms with E-state index in [9.17, 15) is 5.11 Å². The third-order valence-corrected chi connectivity index (χ3v) is 3.46. The van der Waals surface area contributed by atoms with Crippen molar-refractivity contribution in [1.29, 1.82) is 0 Å². The van der Waals surface area contributed by atoms with E-state index in [2.05, 4.69) is 32.0 Å². The average Bonchev–Trinajstić information content (AvgIpc) is 2.66. The summed E-state index contributed by atoms with van der Waals surface area (Å²) in [5.74, 6) is 0.281. The highest BCUT2D eigenvalue weighted by Gasteiger charge is 2.29. The van der Waals surface area contributed by atoms with Crippen molar-refractivity contribution in [2.24, 2.45) is 5.16 Å². The second kappa shape index (κ2) is 3.76. The second-order valence-electron chi connectivity index (χ2n) is 5.74. The van der Waals surface area contributed by atoms with Crippen molar-refractivity contribution in [3.05, 3.63) is 28.3 Å². The predicted octanol–water partition coefficient (Wildman–Crippen LogP) is 3.12. The lowest BCUT2D eigenvalue weighted by molar-refractivity contribution is 0.318. The number of aryl methyl sites for hydroxylation is 1. The molecule has 0 aromatic heterocycles. The van der Waals surface area contributed by atoms with Gasteiger partial charge in [-0.15, -0.1) is 0 Å². The minimum atomic E-state index is -0.118. The van der Waals surface area contributed by atoms with Gasteiger partial charge in [0.1, 0.15) is 5.75 Å². The Hall–Kier alpha value is -1.51. The molecule has 0 bridgehead atoms. The first-order valence-electron chi connectivity index (χ1n) is 5.93. The fraction of sp³-hybridized carbons (Fsp3) is 0.500. The SMILES string of the molecule is Cc1cc(C(C)(C)C)c(O)c2c1CCC2=NO. The summed E-state index contributed by atoms with van der Waals surface area (Å²) < 4.78 is 0. The van der Waals surface area contributed by atoms with Gasteiger partial charge in [-0.3, -0.25) is 0 Å². The summed E-state index contributed by atoms with van der Waals surface area (Å²) in [4.78, 5) is 0. The van der Waals surface area contributed by atoms with Crippen molar-refractivity contribution in [1.82, 2.24) is 0 Å². The lowest BCUT2D eigenvalue weighted by atomic mass is 9.83. The van der Waals surface area contributed by atoms with Crippen molar-refractivity contribution in [2.45, 2.75) is 46.0 Å². The monoisotopic (exact) mass is 233 g/mol. The Bertz CT molecular complexity index is 496. The molecule has 0 saturated heterocycles. The van der Waals surface area contributed by atoms with E-state index in [1.807, 2.05) is 6.92 Å². The van der Waals surface area contributed by atoms with E-state index in [0.29, 0.717) is 12.1 Å². The quantitative estimate of drug-likeness (QED) is 0.534. The third kappa shape index (κ3) is 1.79. The molecule has 92 valence electrons. The van der Waals surface area contributed by atoms with Crippen LogP contribution >= 0.6 is 0 Å². The Morgan fingerprint density at radius 1 is 1.24 bits per heavy atom. The highest BCUT2D eigenvalue weighted by molar-refractivity contribution is 6.07. The first kappa shape index (κ1) is 12.0. The van der Waals surface area contributed by atoms with Crippen LogP contribution in [0.25, 0.3) is 0 Å². The predicted molar refractivity (Wildman–Crippen MR) is 68.2 cm³/mol. The highest BCUT2D eigenvalue weighted by Crippen LogP contribution is 2.40. The van der Waals surface area contributed by atoms with E-state index >= 15 is 0 Å². The maximum atomic E-state index is 10.4. The van der Waals surface area contributed by atoms with Crippen LogP contribution in [0.2, 0.25) is 0 Å². The van der Waals surface area contributed by atoms with Crippen LogP contribution in [-0.2, 0) is 11.8 Å². The fourth-order valence-electron chi connectivity index (χ4n) is 2.52. The van der Waals surface area contributed by atoms with Gasteiger partial charge in [0.25, 0.3) is 0 Å². The zero-order chi connectivity index (χ0) is 12.8. The maximum Gasteiger partial charge on any atom is 0.128 e. The number of benzene rings is 1. The molecule has 0 spiro atoms. The third-order valence-electron chi connectivity index (χ3n) is 3.46. The van der Waals surface area contributed by atoms with Gasteiger partial charge in [-0.1, -0.05) is 32.0 Å². The Labute approximate surface area is 102 Å². The summed E-state index contributed by atoms with van der Waals surface area (Å²) in [6, 6.07) is 2.05. The van der Waals surface area contributed by atoms with Crippen molar-refractivity contribution in [2.75, 3.05) is 0 Å². The van der Waals surface area contributed by atoms with Crippen LogP contribution in [0.5, 0.6) is 5.75 Å². The summed E-state index contributed by atoms with van der Waals surface area (Å²) in [6.07, 6.45) is 1.55. The van der Waals surface area contributed by atoms with E-state index in [1.54, 1.807) is 0 Å². The summed E-state index contributed by atoms with van der Waals surface area (Å²) in [6.45, 7) is 8.25. The molecule has 0 radical (unpaired) electrons. The normalized spacial score (nSPS) is 17.5. The summed E-state index contributed by atoms with van der Waals surface area (Å²) in [7, 11) is 0. The van der Waals surface area contributed by atoms with E-state index in [1.165, 1.54) is 5.56 Å². The summed E-state index contributed by atoms with van der Waals surface area (Å²) >= 11 is 0. The Morgan fingerprint density at radius 2 is 1.88 bits per heavy atom. The molecule has 0 fully saturated rings. The van der Waals surface area contributed by atoms with Gasteiger partial charge in [-0.2, -0.15) is 0 Å². The van der Waals surface area contributed by atoms with Gasteiger partial charge < -0.3 is 10.3 Å². The number of rotatable bonds is 0. The largest absolute Gasteiger partial charge is 0.507 e. The Balaban J connectivity index is 2.74. The van der Waals surface area contributed by atoms with E-state index in [4.69, 9.17) is 5.21 Å². The number of phenols is 1. The van der Waals surface area contributed by atoms with Crippen LogP contribution in [0.3, 0.4) is 0 Å². The molecule has 3 heteroatoms. The summed E-state index contributed by atoms with van der Waals surface area (Å²) in [5.41, 5.74) is 4.43. The standard InChI is InChI=1S/C14H19NO2/c1-8-7-10(14(2,3)4)13(16)12-9(8)5-6-11(12)15-17/h7,16-17H,5-6H2,1-4H3. The molecule has 1 aromatic carbocycles. The van der Waals surface area contributed by atoms with E-state index in [0.717, 1.165) is 23.1 Å². The van der Waals surface area contributed by atoms with Gasteiger partial charge in [-0.05, 0) is 36.3 Å². The molecule has 2 rings (SSSR count). The van der Waals surface area contributed by atoms with Gasteiger partial charge in [-0.25, -0.2) is 0 Å². The molecule has 0 heterocycles. The lowest BCUT2D eigenvalue weighted by Gasteiger charge is -2.23. The van der Waals surface area contributed by atoms with Crippen molar-refractivity contribution < 1.29 is 10.3 Å². The highest BCUT2D eigenvalue weighted by atomic mass is 16.4. The van der Waals surface area contributed by atoms with Gasteiger partial charge in [0.2, 0.25) is 0 Å². The minimum Gasteiger partial charge on any atom is -0.507 e. The van der Waals surface area contributed by atoms with E-state index < -0.39 is 0 Å². The minimum absolute atomic E-state index is 0.118. The van der Waals surface area contributed by atoms with Crippen LogP contribution in [0.4, 0.5) is 0 Å². The van der Waals surface area contributed by atoms with Crippen LogP contribution in [-0.4, -0.2) is 16.0 Å². The number of nitrogens with zero attached hydrogens (tertiary/aromatic N) is 1. The lowest BCUT2D eigenvalue weighted by Crippen LogP contribution is -2.13. The molecule has 0 atom stereocenters. The molecule has 0 unspecified atom stereocenters. The fourth-order valence-corrected chi connectivity index (χ4v) is 2.52. The second-order valence-corrected chi connectivity index (χ2v) is 5.74. The number of oxime groups is 1. The first-order chi connectivity index (χ1) is 7.86. The smallest absolute Gasteiger partial charge is 0.128 e. The number of fused-ring (bicyclic) bond motifs is 1. The van der Waals surface area contributed by atoms with Gasteiger partial charge in [0.15, 0.2) is 0 Å². The van der Waals surface area contributed by atoms with Crippen molar-refractivity contribution in [3.63, 3.8) is 0 Å². The molecule has 1 aliphatic rings. The van der Waals surface area contributed by atoms with Crippen LogP contribution < -0.4 is 0 Å². The topological polar surface area (TPSA) is 52.8 Å². The number of hydrogen-bond donors (Lipinski definition) is 2.